The molecule has 0 spiro atoms. The molecule has 1 unspecified atom stereocenters. The second-order valence-corrected chi connectivity index (χ2v) is 5.52. The molecular weight excluding hydrogens is 298 g/mol. The Hall–Kier alpha value is -2.41. The zero-order valence-corrected chi connectivity index (χ0v) is 13.8. The lowest BCUT2D eigenvalue weighted by molar-refractivity contribution is -0.137. The number of anilines is 1. The van der Waals surface area contributed by atoms with Gasteiger partial charge < -0.3 is 20.6 Å². The summed E-state index contributed by atoms with van der Waals surface area (Å²) in [6.07, 6.45) is -0.188. The molecule has 1 aromatic rings. The van der Waals surface area contributed by atoms with Gasteiger partial charge in [-0.15, -0.1) is 0 Å². The fraction of sp³-hybridized carbons (Fsp3) is 0.438. The number of Topliss-reactive ketones (excluding diaryl/α,β-unsaturated/α-hetero) is 1. The van der Waals surface area contributed by atoms with Crippen LogP contribution >= 0.6 is 0 Å². The lowest BCUT2D eigenvalue weighted by atomic mass is 9.94. The van der Waals surface area contributed by atoms with Crippen molar-refractivity contribution in [2.24, 2.45) is 5.92 Å². The summed E-state index contributed by atoms with van der Waals surface area (Å²) in [5.74, 6) is -1.76. The van der Waals surface area contributed by atoms with Gasteiger partial charge in [0, 0.05) is 30.8 Å². The number of amides is 2. The van der Waals surface area contributed by atoms with Crippen LogP contribution in [0.4, 0.5) is 10.5 Å². The number of ketones is 1. The van der Waals surface area contributed by atoms with Gasteiger partial charge >= 0.3 is 12.0 Å². The lowest BCUT2D eigenvalue weighted by Gasteiger charge is -2.26. The highest BCUT2D eigenvalue weighted by atomic mass is 16.4. The van der Waals surface area contributed by atoms with Crippen molar-refractivity contribution in [2.45, 2.75) is 19.9 Å². The van der Waals surface area contributed by atoms with Gasteiger partial charge in [-0.3, -0.25) is 9.59 Å². The summed E-state index contributed by atoms with van der Waals surface area (Å²) in [5, 5.41) is 14.2. The number of carbonyl (C=O) groups is 3. The Bertz CT molecular complexity index is 601. The second kappa shape index (κ2) is 8.28. The average Bonchev–Trinajstić information content (AvgIpc) is 2.47. The van der Waals surface area contributed by atoms with Gasteiger partial charge in [0.15, 0.2) is 5.78 Å². The third-order valence-corrected chi connectivity index (χ3v) is 3.31. The number of aliphatic carboxylic acids is 1. The van der Waals surface area contributed by atoms with Crippen molar-refractivity contribution in [3.63, 3.8) is 0 Å². The van der Waals surface area contributed by atoms with Crippen LogP contribution in [0.25, 0.3) is 0 Å². The number of carbonyl (C=O) groups excluding carboxylic acids is 2. The largest absolute Gasteiger partial charge is 0.481 e. The summed E-state index contributed by atoms with van der Waals surface area (Å²) >= 11 is 0. The van der Waals surface area contributed by atoms with Crippen molar-refractivity contribution >= 4 is 23.5 Å². The zero-order valence-electron chi connectivity index (χ0n) is 13.8. The highest BCUT2D eigenvalue weighted by Crippen LogP contribution is 2.25. The van der Waals surface area contributed by atoms with E-state index in [9.17, 15) is 14.4 Å². The van der Waals surface area contributed by atoms with E-state index in [1.165, 1.54) is 4.90 Å². The van der Waals surface area contributed by atoms with Gasteiger partial charge in [-0.1, -0.05) is 6.92 Å². The number of nitrogens with one attached hydrogen (secondary N) is 2. The fourth-order valence-corrected chi connectivity index (χ4v) is 2.18. The maximum atomic E-state index is 12.1. The summed E-state index contributed by atoms with van der Waals surface area (Å²) in [6, 6.07) is 4.83. The van der Waals surface area contributed by atoms with Crippen LogP contribution in [0.2, 0.25) is 0 Å². The molecule has 0 aliphatic carbocycles. The van der Waals surface area contributed by atoms with Gasteiger partial charge in [0.2, 0.25) is 0 Å². The molecule has 1 atom stereocenters. The lowest BCUT2D eigenvalue weighted by Crippen LogP contribution is -2.35. The molecule has 0 saturated carbocycles. The third-order valence-electron chi connectivity index (χ3n) is 3.31. The van der Waals surface area contributed by atoms with E-state index < -0.39 is 11.9 Å². The molecule has 2 amide bonds. The Morgan fingerprint density at radius 3 is 2.57 bits per heavy atom. The van der Waals surface area contributed by atoms with Crippen LogP contribution in [0.3, 0.4) is 0 Å². The minimum atomic E-state index is -0.990. The SMILES string of the molecule is CC(CC(=O)O)C(=O)c1ccc2c(c1)CN(C)C(=O)N2.CNC. The molecule has 3 N–H and O–H groups in total. The third kappa shape index (κ3) is 5.07. The molecule has 1 aliphatic rings. The first-order valence-corrected chi connectivity index (χ1v) is 7.29. The summed E-state index contributed by atoms with van der Waals surface area (Å²) in [5.41, 5.74) is 2.01. The van der Waals surface area contributed by atoms with Crippen LogP contribution in [0.5, 0.6) is 0 Å². The Morgan fingerprint density at radius 2 is 2.00 bits per heavy atom. The molecule has 2 rings (SSSR count). The Kier molecular flexibility index (Phi) is 6.71. The maximum absolute atomic E-state index is 12.1. The molecular formula is C16H23N3O4. The van der Waals surface area contributed by atoms with Crippen LogP contribution in [0, 0.1) is 5.92 Å². The average molecular weight is 321 g/mol. The first-order chi connectivity index (χ1) is 10.8. The van der Waals surface area contributed by atoms with Crippen molar-refractivity contribution in [1.29, 1.82) is 0 Å². The molecule has 1 aromatic carbocycles. The number of urea groups is 1. The minimum absolute atomic E-state index is 0.184. The van der Waals surface area contributed by atoms with Crippen molar-refractivity contribution < 1.29 is 19.5 Å². The molecule has 7 nitrogen and oxygen atoms in total. The van der Waals surface area contributed by atoms with E-state index in [0.29, 0.717) is 17.8 Å². The van der Waals surface area contributed by atoms with E-state index in [-0.39, 0.29) is 18.2 Å². The van der Waals surface area contributed by atoms with Crippen LogP contribution in [0.15, 0.2) is 18.2 Å². The van der Waals surface area contributed by atoms with E-state index in [1.54, 1.807) is 32.2 Å². The predicted octanol–water partition coefficient (Wildman–Crippen LogP) is 1.79. The molecule has 126 valence electrons. The van der Waals surface area contributed by atoms with Crippen molar-refractivity contribution in [3.8, 4) is 0 Å². The zero-order chi connectivity index (χ0) is 17.6. The normalized spacial score (nSPS) is 14.1. The first-order valence-electron chi connectivity index (χ1n) is 7.29. The van der Waals surface area contributed by atoms with E-state index in [0.717, 1.165) is 5.56 Å². The van der Waals surface area contributed by atoms with Gasteiger partial charge in [0.25, 0.3) is 0 Å². The topological polar surface area (TPSA) is 98.7 Å². The number of nitrogens with zero attached hydrogens (tertiary/aromatic N) is 1. The standard InChI is InChI=1S/C14H16N2O4.C2H7N/c1-8(5-12(17)18)13(19)9-3-4-11-10(6-9)7-16(2)14(20)15-11;1-3-2/h3-4,6,8H,5,7H2,1-2H3,(H,15,20)(H,17,18);3H,1-2H3. The predicted molar refractivity (Wildman–Crippen MR) is 87.7 cm³/mol. The number of hydrogen-bond donors (Lipinski definition) is 3. The molecule has 0 fully saturated rings. The maximum Gasteiger partial charge on any atom is 0.321 e. The van der Waals surface area contributed by atoms with Crippen LogP contribution < -0.4 is 10.6 Å². The summed E-state index contributed by atoms with van der Waals surface area (Å²) in [6.45, 7) is 2.03. The highest BCUT2D eigenvalue weighted by molar-refractivity contribution is 6.00. The molecule has 1 aliphatic heterocycles. The quantitative estimate of drug-likeness (QED) is 0.734. The van der Waals surface area contributed by atoms with Gasteiger partial charge in [0.1, 0.15) is 0 Å². The molecule has 0 aromatic heterocycles. The Morgan fingerprint density at radius 1 is 1.39 bits per heavy atom. The van der Waals surface area contributed by atoms with E-state index >= 15 is 0 Å². The van der Waals surface area contributed by atoms with Gasteiger partial charge in [-0.05, 0) is 37.9 Å². The molecule has 0 bridgehead atoms. The monoisotopic (exact) mass is 321 g/mol. The van der Waals surface area contributed by atoms with Crippen LogP contribution in [-0.2, 0) is 11.3 Å². The van der Waals surface area contributed by atoms with Gasteiger partial charge in [-0.25, -0.2) is 4.79 Å². The van der Waals surface area contributed by atoms with Crippen molar-refractivity contribution in [2.75, 3.05) is 26.5 Å². The summed E-state index contributed by atoms with van der Waals surface area (Å²) < 4.78 is 0. The summed E-state index contributed by atoms with van der Waals surface area (Å²) in [4.78, 5) is 35.8. The number of carboxylic acid groups (broad SMARTS) is 1. The van der Waals surface area contributed by atoms with E-state index in [2.05, 4.69) is 10.6 Å². The van der Waals surface area contributed by atoms with Crippen LogP contribution in [-0.4, -0.2) is 48.9 Å². The first kappa shape index (κ1) is 18.6. The second-order valence-electron chi connectivity index (χ2n) is 5.52. The summed E-state index contributed by atoms with van der Waals surface area (Å²) in [7, 11) is 5.42. The van der Waals surface area contributed by atoms with Gasteiger partial charge in [0.05, 0.1) is 6.42 Å². The highest BCUT2D eigenvalue weighted by Gasteiger charge is 2.23. The molecule has 0 radical (unpaired) electrons. The van der Waals surface area contributed by atoms with E-state index in [1.807, 2.05) is 14.1 Å². The smallest absolute Gasteiger partial charge is 0.321 e. The fourth-order valence-electron chi connectivity index (χ4n) is 2.18. The molecule has 0 saturated heterocycles. The van der Waals surface area contributed by atoms with Crippen LogP contribution in [0.1, 0.15) is 29.3 Å². The van der Waals surface area contributed by atoms with Crippen molar-refractivity contribution in [1.82, 2.24) is 10.2 Å². The minimum Gasteiger partial charge on any atom is -0.481 e. The van der Waals surface area contributed by atoms with Crippen molar-refractivity contribution in [3.05, 3.63) is 29.3 Å². The number of fused-ring (bicyclic) bond motifs is 1. The number of benzene rings is 1. The number of rotatable bonds is 4. The number of hydrogen-bond acceptors (Lipinski definition) is 4. The molecule has 1 heterocycles. The van der Waals surface area contributed by atoms with Gasteiger partial charge in [-0.2, -0.15) is 0 Å². The Labute approximate surface area is 135 Å². The Balaban J connectivity index is 0.000000816. The molecule has 23 heavy (non-hydrogen) atoms. The van der Waals surface area contributed by atoms with E-state index in [4.69, 9.17) is 5.11 Å². The number of carboxylic acids is 1. The molecule has 7 heteroatoms.